The molecule has 0 aliphatic rings. The van der Waals surface area contributed by atoms with Crippen LogP contribution in [0.2, 0.25) is 0 Å². The van der Waals surface area contributed by atoms with Gasteiger partial charge in [-0.3, -0.25) is 0 Å². The number of aromatic hydroxyl groups is 1. The minimum Gasteiger partial charge on any atom is -0.494 e. The lowest BCUT2D eigenvalue weighted by molar-refractivity contribution is 0.298. The molecule has 0 spiro atoms. The zero-order valence-electron chi connectivity index (χ0n) is 13.8. The first kappa shape index (κ1) is 16.1. The molecule has 1 aromatic heterocycles. The SMILES string of the molecule is Cc1cccc(OCCCn2c(O)c(N=O)c3cccc(C)c32)c1. The van der Waals surface area contributed by atoms with E-state index in [1.165, 1.54) is 0 Å². The van der Waals surface area contributed by atoms with Crippen LogP contribution in [0.25, 0.3) is 10.9 Å². The second kappa shape index (κ2) is 6.74. The summed E-state index contributed by atoms with van der Waals surface area (Å²) in [6, 6.07) is 13.5. The fourth-order valence-electron chi connectivity index (χ4n) is 2.99. The molecule has 24 heavy (non-hydrogen) atoms. The Hall–Kier alpha value is -2.82. The molecule has 1 N–H and O–H groups in total. The molecular weight excluding hydrogens is 304 g/mol. The van der Waals surface area contributed by atoms with Crippen LogP contribution in [0, 0.1) is 18.8 Å². The van der Waals surface area contributed by atoms with Crippen LogP contribution in [-0.2, 0) is 6.54 Å². The van der Waals surface area contributed by atoms with E-state index in [2.05, 4.69) is 5.18 Å². The summed E-state index contributed by atoms with van der Waals surface area (Å²) in [7, 11) is 0. The number of rotatable bonds is 6. The van der Waals surface area contributed by atoms with E-state index in [0.29, 0.717) is 25.0 Å². The van der Waals surface area contributed by atoms with Crippen LogP contribution in [0.5, 0.6) is 11.6 Å². The Morgan fingerprint density at radius 3 is 2.71 bits per heavy atom. The maximum atomic E-state index is 11.1. The van der Waals surface area contributed by atoms with Crippen molar-refractivity contribution < 1.29 is 9.84 Å². The van der Waals surface area contributed by atoms with Crippen molar-refractivity contribution in [2.45, 2.75) is 26.8 Å². The van der Waals surface area contributed by atoms with Crippen LogP contribution in [0.15, 0.2) is 47.6 Å². The van der Waals surface area contributed by atoms with Crippen LogP contribution in [0.1, 0.15) is 17.5 Å². The van der Waals surface area contributed by atoms with Crippen molar-refractivity contribution in [3.63, 3.8) is 0 Å². The second-order valence-corrected chi connectivity index (χ2v) is 5.90. The lowest BCUT2D eigenvalue weighted by Crippen LogP contribution is -2.04. The van der Waals surface area contributed by atoms with Crippen molar-refractivity contribution >= 4 is 16.6 Å². The number of nitrogens with zero attached hydrogens (tertiary/aromatic N) is 2. The summed E-state index contributed by atoms with van der Waals surface area (Å²) in [5, 5.41) is 14.0. The third-order valence-electron chi connectivity index (χ3n) is 4.11. The number of aryl methyl sites for hydroxylation is 3. The summed E-state index contributed by atoms with van der Waals surface area (Å²) in [5.74, 6) is 0.757. The summed E-state index contributed by atoms with van der Waals surface area (Å²) in [4.78, 5) is 11.1. The Bertz CT molecular complexity index is 884. The van der Waals surface area contributed by atoms with Gasteiger partial charge in [-0.25, -0.2) is 0 Å². The van der Waals surface area contributed by atoms with Gasteiger partial charge in [0, 0.05) is 11.9 Å². The Morgan fingerprint density at radius 2 is 1.96 bits per heavy atom. The second-order valence-electron chi connectivity index (χ2n) is 5.90. The lowest BCUT2D eigenvalue weighted by Gasteiger charge is -2.10. The van der Waals surface area contributed by atoms with Crippen molar-refractivity contribution in [3.05, 3.63) is 58.5 Å². The van der Waals surface area contributed by atoms with Crippen molar-refractivity contribution in [2.75, 3.05) is 6.61 Å². The maximum Gasteiger partial charge on any atom is 0.222 e. The molecule has 3 rings (SSSR count). The predicted molar refractivity (Wildman–Crippen MR) is 95.1 cm³/mol. The number of aromatic nitrogens is 1. The van der Waals surface area contributed by atoms with E-state index in [1.807, 2.05) is 50.2 Å². The number of para-hydroxylation sites is 1. The molecule has 0 saturated carbocycles. The average Bonchev–Trinajstić information content (AvgIpc) is 2.84. The van der Waals surface area contributed by atoms with Crippen molar-refractivity contribution in [1.82, 2.24) is 4.57 Å². The molecule has 0 aliphatic heterocycles. The van der Waals surface area contributed by atoms with Gasteiger partial charge in [0.1, 0.15) is 5.75 Å². The molecule has 3 aromatic rings. The fourth-order valence-corrected chi connectivity index (χ4v) is 2.99. The highest BCUT2D eigenvalue weighted by Crippen LogP contribution is 2.39. The van der Waals surface area contributed by atoms with Gasteiger partial charge in [-0.2, -0.15) is 0 Å². The number of benzene rings is 2. The zero-order chi connectivity index (χ0) is 17.1. The van der Waals surface area contributed by atoms with Crippen LogP contribution >= 0.6 is 0 Å². The first-order chi connectivity index (χ1) is 11.6. The molecule has 0 atom stereocenters. The Labute approximate surface area is 140 Å². The molecule has 5 heteroatoms. The van der Waals surface area contributed by atoms with Gasteiger partial charge in [0.2, 0.25) is 5.88 Å². The number of hydrogen-bond acceptors (Lipinski definition) is 4. The van der Waals surface area contributed by atoms with Gasteiger partial charge in [-0.15, -0.1) is 4.91 Å². The van der Waals surface area contributed by atoms with Crippen LogP contribution in [0.4, 0.5) is 5.69 Å². The van der Waals surface area contributed by atoms with Gasteiger partial charge in [0.25, 0.3) is 0 Å². The van der Waals surface area contributed by atoms with Gasteiger partial charge in [-0.1, -0.05) is 30.3 Å². The molecule has 5 nitrogen and oxygen atoms in total. The summed E-state index contributed by atoms with van der Waals surface area (Å²) in [6.07, 6.45) is 0.706. The van der Waals surface area contributed by atoms with Crippen LogP contribution < -0.4 is 4.74 Å². The third kappa shape index (κ3) is 2.97. The monoisotopic (exact) mass is 324 g/mol. The Morgan fingerprint density at radius 1 is 1.17 bits per heavy atom. The average molecular weight is 324 g/mol. The molecule has 0 bridgehead atoms. The molecule has 1 heterocycles. The Kier molecular flexibility index (Phi) is 4.51. The van der Waals surface area contributed by atoms with Crippen molar-refractivity contribution in [3.8, 4) is 11.6 Å². The summed E-state index contributed by atoms with van der Waals surface area (Å²) in [6.45, 7) is 5.05. The summed E-state index contributed by atoms with van der Waals surface area (Å²) >= 11 is 0. The summed E-state index contributed by atoms with van der Waals surface area (Å²) < 4.78 is 7.48. The Balaban J connectivity index is 1.76. The quantitative estimate of drug-likeness (QED) is 0.521. The normalized spacial score (nSPS) is 10.9. The smallest absolute Gasteiger partial charge is 0.222 e. The molecule has 2 aromatic carbocycles. The highest BCUT2D eigenvalue weighted by Gasteiger charge is 2.18. The van der Waals surface area contributed by atoms with Gasteiger partial charge in [0.15, 0.2) is 5.69 Å². The third-order valence-corrected chi connectivity index (χ3v) is 4.11. The van der Waals surface area contributed by atoms with E-state index in [1.54, 1.807) is 10.6 Å². The zero-order valence-corrected chi connectivity index (χ0v) is 13.8. The number of nitroso groups, excluding NO2 is 1. The lowest BCUT2D eigenvalue weighted by atomic mass is 10.1. The van der Waals surface area contributed by atoms with E-state index < -0.39 is 0 Å². The molecule has 124 valence electrons. The van der Waals surface area contributed by atoms with E-state index in [0.717, 1.165) is 22.4 Å². The van der Waals surface area contributed by atoms with E-state index in [-0.39, 0.29) is 11.6 Å². The largest absolute Gasteiger partial charge is 0.494 e. The van der Waals surface area contributed by atoms with Crippen molar-refractivity contribution in [2.24, 2.45) is 5.18 Å². The van der Waals surface area contributed by atoms with Crippen LogP contribution in [-0.4, -0.2) is 16.3 Å². The first-order valence-corrected chi connectivity index (χ1v) is 7.95. The molecule has 0 radical (unpaired) electrons. The van der Waals surface area contributed by atoms with E-state index in [9.17, 15) is 10.0 Å². The minimum absolute atomic E-state index is 0.0788. The standard InChI is InChI=1S/C19H20N2O3/c1-13-6-3-8-15(12-13)24-11-5-10-21-18-14(2)7-4-9-16(18)17(20-23)19(21)22/h3-4,6-9,12,22H,5,10-11H2,1-2H3. The summed E-state index contributed by atoms with van der Waals surface area (Å²) in [5.41, 5.74) is 3.10. The van der Waals surface area contributed by atoms with Crippen LogP contribution in [0.3, 0.4) is 0 Å². The molecule has 0 unspecified atom stereocenters. The fraction of sp³-hybridized carbons (Fsp3) is 0.263. The highest BCUT2D eigenvalue weighted by atomic mass is 16.5. The van der Waals surface area contributed by atoms with Gasteiger partial charge < -0.3 is 14.4 Å². The van der Waals surface area contributed by atoms with Crippen molar-refractivity contribution in [1.29, 1.82) is 0 Å². The maximum absolute atomic E-state index is 11.1. The van der Waals surface area contributed by atoms with E-state index >= 15 is 0 Å². The van der Waals surface area contributed by atoms with Gasteiger partial charge >= 0.3 is 0 Å². The number of fused-ring (bicyclic) bond motifs is 1. The molecule has 0 fully saturated rings. The molecule has 0 saturated heterocycles. The van der Waals surface area contributed by atoms with Gasteiger partial charge in [0.05, 0.1) is 12.1 Å². The molecule has 0 aliphatic carbocycles. The molecular formula is C19H20N2O3. The van der Waals surface area contributed by atoms with Gasteiger partial charge in [-0.05, 0) is 48.7 Å². The topological polar surface area (TPSA) is 63.8 Å². The highest BCUT2D eigenvalue weighted by molar-refractivity contribution is 5.96. The minimum atomic E-state index is -0.0788. The number of hydrogen-bond donors (Lipinski definition) is 1. The first-order valence-electron chi connectivity index (χ1n) is 7.95. The van der Waals surface area contributed by atoms with E-state index in [4.69, 9.17) is 4.74 Å². The predicted octanol–water partition coefficient (Wildman–Crippen LogP) is 4.83. The molecule has 0 amide bonds. The number of ether oxygens (including phenoxy) is 1.